The zero-order chi connectivity index (χ0) is 85.0. The van der Waals surface area contributed by atoms with Crippen molar-refractivity contribution in [2.45, 2.75) is 465 Å². The van der Waals surface area contributed by atoms with E-state index in [9.17, 15) is 38.4 Å². The summed E-state index contributed by atoms with van der Waals surface area (Å²) in [6.45, 7) is 18.7. The van der Waals surface area contributed by atoms with Gasteiger partial charge in [-0.3, -0.25) is 58.0 Å². The number of amides is 8. The molecule has 0 aromatic heterocycles. The fourth-order valence-corrected chi connectivity index (χ4v) is 23.1. The summed E-state index contributed by atoms with van der Waals surface area (Å²) in [5.41, 5.74) is 0.518. The molecule has 0 N–H and O–H groups in total. The van der Waals surface area contributed by atoms with Crippen LogP contribution in [0.2, 0.25) is 0 Å². The van der Waals surface area contributed by atoms with Crippen LogP contribution < -0.4 is 4.74 Å². The molecule has 2 aromatic rings. The average molecular weight is 1640 g/mol. The van der Waals surface area contributed by atoms with Crippen molar-refractivity contribution in [2.24, 2.45) is 47.3 Å². The molecule has 0 spiro atoms. The maximum atomic E-state index is 14.6. The molecule has 8 unspecified atom stereocenters. The van der Waals surface area contributed by atoms with Crippen LogP contribution in [-0.4, -0.2) is 91.0 Å². The Kier molecular flexibility index (Phi) is 45.5. The van der Waals surface area contributed by atoms with E-state index in [1.807, 2.05) is 0 Å². The van der Waals surface area contributed by atoms with E-state index in [-0.39, 0.29) is 52.8 Å². The second-order valence-electron chi connectivity index (χ2n) is 38.4. The van der Waals surface area contributed by atoms with Crippen molar-refractivity contribution < 1.29 is 43.1 Å². The van der Waals surface area contributed by atoms with Crippen molar-refractivity contribution in [3.05, 3.63) is 83.0 Å². The van der Waals surface area contributed by atoms with Crippen LogP contribution in [0.3, 0.4) is 0 Å². The highest BCUT2D eigenvalue weighted by molar-refractivity contribution is 6.23. The Balaban J connectivity index is 0.762. The molecule has 0 radical (unpaired) electrons. The van der Waals surface area contributed by atoms with Crippen molar-refractivity contribution in [3.63, 3.8) is 0 Å². The maximum Gasteiger partial charge on any atom is 0.262 e. The molecule has 119 heavy (non-hydrogen) atoms. The first-order valence-electron chi connectivity index (χ1n) is 50.9. The molecular formula is C106H170N4O9. The van der Waals surface area contributed by atoms with Crippen LogP contribution in [0.15, 0.2) is 60.7 Å². The minimum atomic E-state index is -0.586. The zero-order valence-electron chi connectivity index (χ0n) is 77.1. The van der Waals surface area contributed by atoms with E-state index < -0.39 is 5.54 Å². The first kappa shape index (κ1) is 98.7. The van der Waals surface area contributed by atoms with Crippen molar-refractivity contribution in [1.82, 2.24) is 19.6 Å². The summed E-state index contributed by atoms with van der Waals surface area (Å²) in [6, 6.07) is 10.2. The zero-order valence-corrected chi connectivity index (χ0v) is 77.1. The van der Waals surface area contributed by atoms with Crippen molar-refractivity contribution in [3.8, 4) is 11.5 Å². The van der Waals surface area contributed by atoms with Crippen LogP contribution in [0.1, 0.15) is 495 Å². The van der Waals surface area contributed by atoms with Crippen LogP contribution in [0.4, 0.5) is 0 Å². The van der Waals surface area contributed by atoms with E-state index in [1.54, 1.807) is 46.2 Å². The lowest BCUT2D eigenvalue weighted by Gasteiger charge is -2.44. The van der Waals surface area contributed by atoms with Gasteiger partial charge in [-0.15, -0.1) is 0 Å². The number of hydrogen-bond donors (Lipinski definition) is 0. The highest BCUT2D eigenvalue weighted by atomic mass is 16.5. The van der Waals surface area contributed by atoms with Gasteiger partial charge in [-0.1, -0.05) is 351 Å². The Morgan fingerprint density at radius 3 is 0.882 bits per heavy atom. The van der Waals surface area contributed by atoms with Gasteiger partial charge in [-0.2, -0.15) is 0 Å². The maximum absolute atomic E-state index is 14.6. The van der Waals surface area contributed by atoms with Crippen LogP contribution in [0.5, 0.6) is 11.5 Å². The molecular weight excluding hydrogens is 1470 g/mol. The normalized spacial score (nSPS) is 20.8. The van der Waals surface area contributed by atoms with E-state index in [0.29, 0.717) is 59.7 Å². The summed E-state index contributed by atoms with van der Waals surface area (Å²) in [6.07, 6.45) is 81.9. The lowest BCUT2D eigenvalue weighted by molar-refractivity contribution is -0.145. The fraction of sp³-hybridized carbons (Fsp3) is 0.774. The molecule has 2 fully saturated rings. The Hall–Kier alpha value is -5.72. The second kappa shape index (κ2) is 54.8. The third kappa shape index (κ3) is 29.7. The van der Waals surface area contributed by atoms with Crippen LogP contribution in [0.25, 0.3) is 0 Å². The quantitative estimate of drug-likeness (QED) is 0.0464. The van der Waals surface area contributed by atoms with Crippen LogP contribution in [-0.2, 0) is 19.2 Å². The van der Waals surface area contributed by atoms with Crippen molar-refractivity contribution in [2.75, 3.05) is 13.1 Å². The Labute approximate surface area is 725 Å². The predicted molar refractivity (Wildman–Crippen MR) is 491 cm³/mol. The van der Waals surface area contributed by atoms with Gasteiger partial charge in [0.05, 0.1) is 33.3 Å². The van der Waals surface area contributed by atoms with E-state index in [4.69, 9.17) is 4.74 Å². The van der Waals surface area contributed by atoms with Gasteiger partial charge >= 0.3 is 0 Å². The van der Waals surface area contributed by atoms with Gasteiger partial charge in [0.2, 0.25) is 0 Å². The topological polar surface area (TPSA) is 159 Å². The highest BCUT2D eigenvalue weighted by Crippen LogP contribution is 2.51. The Morgan fingerprint density at radius 1 is 0.269 bits per heavy atom. The molecule has 6 aliphatic rings. The molecule has 8 amide bonds. The van der Waals surface area contributed by atoms with Gasteiger partial charge in [-0.05, 0) is 186 Å². The molecule has 0 saturated heterocycles. The summed E-state index contributed by atoms with van der Waals surface area (Å²) in [5.74, 6) is 5.88. The first-order chi connectivity index (χ1) is 58.1. The summed E-state index contributed by atoms with van der Waals surface area (Å²) in [7, 11) is 0. The Bertz CT molecular complexity index is 3380. The fourth-order valence-electron chi connectivity index (χ4n) is 23.1. The molecule has 13 nitrogen and oxygen atoms in total. The number of unbranched alkanes of at least 4 members (excludes halogenated alkanes) is 36. The van der Waals surface area contributed by atoms with Crippen LogP contribution >= 0.6 is 0 Å². The minimum Gasteiger partial charge on any atom is -0.457 e. The molecule has 4 heterocycles. The molecule has 4 aliphatic heterocycles. The number of carbonyl (C=O) groups excluding carboxylic acids is 8. The number of rotatable bonds is 68. The largest absolute Gasteiger partial charge is 0.457 e. The SMILES string of the molecule is CCCCCCCCC1C(CCCCCC)CCC(CCCCCCCCC(CC)(CC)N2C(=O)c3ccc(Oc4ccc5c(c4)C(=O)N(CCCCCCCCC4CCC(CCCCCC)C(CCCCCCCC)C4CCCCCCCCC(CC)(CC)N4C(=O)C=CC4=O)C5=O)cc3C2=O)C1CCCCCCCCN1C(=O)C=CC1=O. The number of carbonyl (C=O) groups is 8. The van der Waals surface area contributed by atoms with E-state index >= 15 is 0 Å². The number of benzene rings is 2. The molecule has 2 aromatic carbocycles. The van der Waals surface area contributed by atoms with Gasteiger partial charge in [0, 0.05) is 37.4 Å². The first-order valence-corrected chi connectivity index (χ1v) is 50.9. The molecule has 668 valence electrons. The summed E-state index contributed by atoms with van der Waals surface area (Å²) in [4.78, 5) is 112. The molecule has 2 saturated carbocycles. The number of ether oxygens (including phenoxy) is 1. The number of hydrogen-bond acceptors (Lipinski definition) is 9. The van der Waals surface area contributed by atoms with Crippen molar-refractivity contribution in [1.29, 1.82) is 0 Å². The number of fused-ring (bicyclic) bond motifs is 2. The van der Waals surface area contributed by atoms with Crippen molar-refractivity contribution >= 4 is 47.3 Å². The van der Waals surface area contributed by atoms with Gasteiger partial charge in [-0.25, -0.2) is 0 Å². The van der Waals surface area contributed by atoms with Gasteiger partial charge < -0.3 is 4.74 Å². The lowest BCUT2D eigenvalue weighted by Crippen LogP contribution is -2.51. The van der Waals surface area contributed by atoms with Gasteiger partial charge in [0.15, 0.2) is 0 Å². The third-order valence-corrected chi connectivity index (χ3v) is 30.6. The molecule has 0 bridgehead atoms. The van der Waals surface area contributed by atoms with Gasteiger partial charge in [0.1, 0.15) is 11.5 Å². The summed E-state index contributed by atoms with van der Waals surface area (Å²) < 4.78 is 6.39. The predicted octanol–water partition coefficient (Wildman–Crippen LogP) is 29.3. The number of imide groups is 4. The average Bonchev–Trinajstić information content (AvgIpc) is 1.60. The smallest absolute Gasteiger partial charge is 0.262 e. The number of nitrogens with zero attached hydrogens (tertiary/aromatic N) is 4. The minimum absolute atomic E-state index is 0.146. The molecule has 2 aliphatic carbocycles. The molecule has 13 heteroatoms. The lowest BCUT2D eigenvalue weighted by atomic mass is 9.61. The molecule has 8 rings (SSSR count). The van der Waals surface area contributed by atoms with E-state index in [1.165, 1.54) is 329 Å². The molecule has 8 atom stereocenters. The monoisotopic (exact) mass is 1640 g/mol. The summed E-state index contributed by atoms with van der Waals surface area (Å²) in [5, 5.41) is 0. The second-order valence-corrected chi connectivity index (χ2v) is 38.4. The Morgan fingerprint density at radius 2 is 0.529 bits per heavy atom. The van der Waals surface area contributed by atoms with Gasteiger partial charge in [0.25, 0.3) is 47.3 Å². The third-order valence-electron chi connectivity index (χ3n) is 30.6. The van der Waals surface area contributed by atoms with E-state index in [0.717, 1.165) is 137 Å². The summed E-state index contributed by atoms with van der Waals surface area (Å²) >= 11 is 0. The van der Waals surface area contributed by atoms with Crippen LogP contribution in [0, 0.1) is 47.3 Å². The standard InChI is InChI=1S/C106H170N4O9/c1-9-17-21-25-37-49-61-89-83(57-45-23-19-11-3)66-68-86(91(89)63-51-39-28-32-41-53-77-105(13-5,14-6)109-99(113)75-76-100(109)114)60-48-36-29-33-44-56-80-108-101(115)93-71-69-87(81-95(93)102(108)116)119-88-70-72-94-96(82-88)104(118)110(103(94)117)106(15-7,16-8)78-54-42-31-27-35-47-59-85-67-65-84(58-46-24-20-12-4)90(62-50-38-26-22-18-10-2)92(85)64-52-40-30-34-43-55-79-107-97(111)73-74-98(107)112/h69-76,81-86,89-92H,9-68,77-80H2,1-8H3. The van der Waals surface area contributed by atoms with E-state index in [2.05, 4.69) is 55.4 Å². The highest BCUT2D eigenvalue weighted by Gasteiger charge is 2.48.